The lowest BCUT2D eigenvalue weighted by Crippen LogP contribution is -2.41. The van der Waals surface area contributed by atoms with E-state index in [4.69, 9.17) is 26.1 Å². The van der Waals surface area contributed by atoms with Crippen LogP contribution < -0.4 is 9.47 Å². The van der Waals surface area contributed by atoms with Crippen molar-refractivity contribution in [1.82, 2.24) is 0 Å². The Morgan fingerprint density at radius 2 is 1.75 bits per heavy atom. The van der Waals surface area contributed by atoms with Crippen LogP contribution in [0.5, 0.6) is 11.5 Å². The lowest BCUT2D eigenvalue weighted by Gasteiger charge is -2.41. The number of rotatable bonds is 2. The van der Waals surface area contributed by atoms with Crippen LogP contribution in [0.1, 0.15) is 44.1 Å². The van der Waals surface area contributed by atoms with E-state index in [1.54, 1.807) is 7.11 Å². The van der Waals surface area contributed by atoms with Crippen LogP contribution in [0.3, 0.4) is 0 Å². The largest absolute Gasteiger partial charge is 0.497 e. The van der Waals surface area contributed by atoms with Crippen LogP contribution in [-0.2, 0) is 6.42 Å². The molecule has 1 aromatic heterocycles. The molecule has 1 fully saturated rings. The second-order valence-corrected chi connectivity index (χ2v) is 8.41. The van der Waals surface area contributed by atoms with Gasteiger partial charge in [-0.15, -0.1) is 0 Å². The van der Waals surface area contributed by atoms with E-state index >= 15 is 0 Å². The van der Waals surface area contributed by atoms with Crippen LogP contribution in [0.15, 0.2) is 46.9 Å². The summed E-state index contributed by atoms with van der Waals surface area (Å²) in [4.78, 5) is 0. The summed E-state index contributed by atoms with van der Waals surface area (Å²) in [6.45, 7) is 0. The summed E-state index contributed by atoms with van der Waals surface area (Å²) in [6, 6.07) is 14.3. The fraction of sp³-hybridized carbons (Fsp3) is 0.375. The van der Waals surface area contributed by atoms with E-state index in [0.717, 1.165) is 46.4 Å². The van der Waals surface area contributed by atoms with E-state index in [1.807, 2.05) is 18.2 Å². The highest BCUT2D eigenvalue weighted by atomic mass is 32.1. The highest BCUT2D eigenvalue weighted by molar-refractivity contribution is 7.71. The minimum Gasteiger partial charge on any atom is -0.497 e. The summed E-state index contributed by atoms with van der Waals surface area (Å²) in [6.07, 6.45) is 8.37. The SMILES string of the molecule is COc1ccc(-c2cc(=S)oc3cc4c(cc23)CCC2(CCCCC2)O4)cc1. The minimum atomic E-state index is 0.0311. The summed E-state index contributed by atoms with van der Waals surface area (Å²) in [5, 5.41) is 1.08. The standard InChI is InChI=1S/C24H24O3S/c1-25-18-7-5-16(6-8-18)19-14-23(28)26-22-15-21-17(13-20(19)22)9-12-24(27-21)10-3-2-4-11-24/h5-8,13-15H,2-4,9-12H2,1H3. The van der Waals surface area contributed by atoms with Crippen molar-refractivity contribution < 1.29 is 13.9 Å². The first-order valence-corrected chi connectivity index (χ1v) is 10.5. The monoisotopic (exact) mass is 392 g/mol. The van der Waals surface area contributed by atoms with Crippen LogP contribution in [-0.4, -0.2) is 12.7 Å². The van der Waals surface area contributed by atoms with Gasteiger partial charge >= 0.3 is 0 Å². The Balaban J connectivity index is 1.61. The van der Waals surface area contributed by atoms with E-state index in [9.17, 15) is 0 Å². The molecular weight excluding hydrogens is 368 g/mol. The van der Waals surface area contributed by atoms with Crippen molar-refractivity contribution in [3.8, 4) is 22.6 Å². The molecule has 3 nitrogen and oxygen atoms in total. The molecule has 1 spiro atoms. The van der Waals surface area contributed by atoms with Crippen molar-refractivity contribution in [2.24, 2.45) is 0 Å². The molecule has 2 aromatic carbocycles. The van der Waals surface area contributed by atoms with Gasteiger partial charge in [0.1, 0.15) is 22.7 Å². The highest BCUT2D eigenvalue weighted by Gasteiger charge is 2.37. The zero-order valence-corrected chi connectivity index (χ0v) is 16.9. The molecule has 0 radical (unpaired) electrons. The van der Waals surface area contributed by atoms with Crippen LogP contribution in [0.25, 0.3) is 22.1 Å². The first-order chi connectivity index (χ1) is 13.7. The van der Waals surface area contributed by atoms with Gasteiger partial charge in [0.05, 0.1) is 7.11 Å². The third-order valence-corrected chi connectivity index (χ3v) is 6.47. The molecule has 1 aliphatic carbocycles. The molecule has 1 aliphatic heterocycles. The summed E-state index contributed by atoms with van der Waals surface area (Å²) < 4.78 is 18.3. The van der Waals surface area contributed by atoms with Crippen molar-refractivity contribution in [2.75, 3.05) is 7.11 Å². The predicted molar refractivity (Wildman–Crippen MR) is 114 cm³/mol. The van der Waals surface area contributed by atoms with Crippen molar-refractivity contribution >= 4 is 23.2 Å². The Morgan fingerprint density at radius 3 is 2.50 bits per heavy atom. The quantitative estimate of drug-likeness (QED) is 0.446. The molecule has 144 valence electrons. The molecule has 0 saturated heterocycles. The topological polar surface area (TPSA) is 31.6 Å². The molecular formula is C24H24O3S. The van der Waals surface area contributed by atoms with Gasteiger partial charge < -0.3 is 13.9 Å². The number of aryl methyl sites for hydroxylation is 1. The van der Waals surface area contributed by atoms with Crippen molar-refractivity contribution in [1.29, 1.82) is 0 Å². The van der Waals surface area contributed by atoms with E-state index in [-0.39, 0.29) is 5.60 Å². The molecule has 4 heteroatoms. The van der Waals surface area contributed by atoms with Gasteiger partial charge in [0.15, 0.2) is 4.71 Å². The Labute approximate surface area is 170 Å². The summed E-state index contributed by atoms with van der Waals surface area (Å²) in [5.41, 5.74) is 4.29. The summed E-state index contributed by atoms with van der Waals surface area (Å²) in [7, 11) is 1.68. The highest BCUT2D eigenvalue weighted by Crippen LogP contribution is 2.44. The Morgan fingerprint density at radius 1 is 0.964 bits per heavy atom. The first kappa shape index (κ1) is 17.7. The Hall–Kier alpha value is -2.33. The van der Waals surface area contributed by atoms with Crippen molar-refractivity contribution in [3.63, 3.8) is 0 Å². The number of hydrogen-bond donors (Lipinski definition) is 0. The number of methoxy groups -OCH3 is 1. The van der Waals surface area contributed by atoms with Gasteiger partial charge in [-0.3, -0.25) is 0 Å². The first-order valence-electron chi connectivity index (χ1n) is 10.1. The molecule has 0 N–H and O–H groups in total. The molecule has 2 aliphatic rings. The molecule has 0 amide bonds. The molecule has 0 bridgehead atoms. The van der Waals surface area contributed by atoms with Gasteiger partial charge in [-0.25, -0.2) is 0 Å². The van der Waals surface area contributed by atoms with Gasteiger partial charge in [-0.2, -0.15) is 0 Å². The van der Waals surface area contributed by atoms with E-state index in [0.29, 0.717) is 4.71 Å². The molecule has 5 rings (SSSR count). The molecule has 0 atom stereocenters. The maximum Gasteiger partial charge on any atom is 0.191 e. The second-order valence-electron chi connectivity index (χ2n) is 8.01. The normalized spacial score (nSPS) is 17.9. The van der Waals surface area contributed by atoms with Crippen LogP contribution in [0.2, 0.25) is 0 Å². The van der Waals surface area contributed by atoms with Gasteiger partial charge in [0.2, 0.25) is 0 Å². The number of ether oxygens (including phenoxy) is 2. The molecule has 28 heavy (non-hydrogen) atoms. The average Bonchev–Trinajstić information content (AvgIpc) is 2.72. The van der Waals surface area contributed by atoms with Crippen LogP contribution in [0.4, 0.5) is 0 Å². The molecule has 2 heterocycles. The van der Waals surface area contributed by atoms with Crippen molar-refractivity contribution in [3.05, 3.63) is 52.7 Å². The maximum atomic E-state index is 6.57. The van der Waals surface area contributed by atoms with Crippen LogP contribution >= 0.6 is 12.2 Å². The summed E-state index contributed by atoms with van der Waals surface area (Å²) in [5.74, 6) is 1.82. The molecule has 0 unspecified atom stereocenters. The zero-order valence-electron chi connectivity index (χ0n) is 16.1. The Bertz CT molecular complexity index is 1080. The lowest BCUT2D eigenvalue weighted by atomic mass is 9.79. The third-order valence-electron chi connectivity index (χ3n) is 6.27. The van der Waals surface area contributed by atoms with E-state index < -0.39 is 0 Å². The van der Waals surface area contributed by atoms with Gasteiger partial charge in [-0.05, 0) is 85.6 Å². The number of benzene rings is 2. The average molecular weight is 393 g/mol. The third kappa shape index (κ3) is 3.10. The number of hydrogen-bond acceptors (Lipinski definition) is 4. The molecule has 1 saturated carbocycles. The predicted octanol–water partition coefficient (Wildman–Crippen LogP) is 6.87. The lowest BCUT2D eigenvalue weighted by molar-refractivity contribution is 0.0109. The fourth-order valence-electron chi connectivity index (χ4n) is 4.73. The zero-order chi connectivity index (χ0) is 19.1. The maximum absolute atomic E-state index is 6.57. The van der Waals surface area contributed by atoms with Crippen LogP contribution in [0, 0.1) is 4.71 Å². The molecule has 3 aromatic rings. The minimum absolute atomic E-state index is 0.0311. The number of fused-ring (bicyclic) bond motifs is 2. The van der Waals surface area contributed by atoms with Gasteiger partial charge in [0, 0.05) is 17.5 Å². The van der Waals surface area contributed by atoms with Gasteiger partial charge in [-0.1, -0.05) is 18.6 Å². The van der Waals surface area contributed by atoms with E-state index in [2.05, 4.69) is 24.3 Å². The van der Waals surface area contributed by atoms with E-state index in [1.165, 1.54) is 37.7 Å². The van der Waals surface area contributed by atoms with Gasteiger partial charge in [0.25, 0.3) is 0 Å². The fourth-order valence-corrected chi connectivity index (χ4v) is 4.94. The second kappa shape index (κ2) is 6.93. The summed E-state index contributed by atoms with van der Waals surface area (Å²) >= 11 is 5.42. The van der Waals surface area contributed by atoms with Crippen molar-refractivity contribution in [2.45, 2.75) is 50.5 Å². The smallest absolute Gasteiger partial charge is 0.191 e. The Kier molecular flexibility index (Phi) is 4.39.